The molecule has 1 amide bonds. The van der Waals surface area contributed by atoms with E-state index in [2.05, 4.69) is 48.5 Å². The van der Waals surface area contributed by atoms with E-state index in [0.717, 1.165) is 38.2 Å². The Morgan fingerprint density at radius 1 is 1.30 bits per heavy atom. The van der Waals surface area contributed by atoms with Gasteiger partial charge in [-0.25, -0.2) is 15.0 Å². The number of nitriles is 1. The number of hydrogen-bond acceptors (Lipinski definition) is 9. The minimum Gasteiger partial charge on any atom is -0.349 e. The van der Waals surface area contributed by atoms with Crippen molar-refractivity contribution in [2.75, 3.05) is 45.1 Å². The summed E-state index contributed by atoms with van der Waals surface area (Å²) >= 11 is 1.36. The molecule has 1 aliphatic heterocycles. The summed E-state index contributed by atoms with van der Waals surface area (Å²) < 4.78 is 0. The van der Waals surface area contributed by atoms with E-state index < -0.39 is 0 Å². The molecule has 0 radical (unpaired) electrons. The highest BCUT2D eigenvalue weighted by atomic mass is 32.1. The number of anilines is 2. The summed E-state index contributed by atoms with van der Waals surface area (Å²) in [6, 6.07) is 4.82. The van der Waals surface area contributed by atoms with Crippen molar-refractivity contribution in [3.63, 3.8) is 0 Å². The zero-order valence-electron chi connectivity index (χ0n) is 19.2. The van der Waals surface area contributed by atoms with Gasteiger partial charge in [0.05, 0.1) is 18.3 Å². The number of likely N-dealkylation sites (tertiary alicyclic amines) is 1. The van der Waals surface area contributed by atoms with Gasteiger partial charge in [0.25, 0.3) is 5.91 Å². The largest absolute Gasteiger partial charge is 0.349 e. The molecule has 0 spiro atoms. The normalized spacial score (nSPS) is 19.5. The Morgan fingerprint density at radius 3 is 2.97 bits per heavy atom. The molecule has 1 aliphatic carbocycles. The molecule has 1 saturated carbocycles. The van der Waals surface area contributed by atoms with Crippen LogP contribution in [-0.4, -0.2) is 76.5 Å². The summed E-state index contributed by atoms with van der Waals surface area (Å²) in [5.74, 6) is 0.605. The number of hydrogen-bond donors (Lipinski definition) is 2. The number of carbonyl (C=O) groups excluding carboxylic acids is 1. The van der Waals surface area contributed by atoms with Crippen molar-refractivity contribution in [3.8, 4) is 6.07 Å². The lowest BCUT2D eigenvalue weighted by Crippen LogP contribution is -2.37. The topological polar surface area (TPSA) is 110 Å². The minimum atomic E-state index is -0.159. The van der Waals surface area contributed by atoms with Crippen LogP contribution in [0.15, 0.2) is 17.6 Å². The first kappa shape index (κ1) is 23.5. The third-order valence-electron chi connectivity index (χ3n) is 6.55. The third kappa shape index (κ3) is 6.47. The average molecular weight is 469 g/mol. The summed E-state index contributed by atoms with van der Waals surface area (Å²) in [6.07, 6.45) is 8.99. The highest BCUT2D eigenvalue weighted by Gasteiger charge is 2.23. The number of amides is 1. The Labute approximate surface area is 199 Å². The van der Waals surface area contributed by atoms with Crippen molar-refractivity contribution in [1.29, 1.82) is 5.26 Å². The van der Waals surface area contributed by atoms with E-state index >= 15 is 0 Å². The van der Waals surface area contributed by atoms with Crippen molar-refractivity contribution in [3.05, 3.63) is 29.0 Å². The molecule has 176 valence electrons. The average Bonchev–Trinajstić information content (AvgIpc) is 3.52. The maximum Gasteiger partial charge on any atom is 0.270 e. The Hall–Kier alpha value is -2.61. The predicted octanol–water partition coefficient (Wildman–Crippen LogP) is 2.98. The van der Waals surface area contributed by atoms with Gasteiger partial charge in [-0.2, -0.15) is 5.26 Å². The van der Waals surface area contributed by atoms with Crippen LogP contribution < -0.4 is 10.6 Å². The maximum absolute atomic E-state index is 12.5. The van der Waals surface area contributed by atoms with Crippen molar-refractivity contribution < 1.29 is 4.79 Å². The van der Waals surface area contributed by atoms with Crippen LogP contribution in [0, 0.1) is 11.3 Å². The summed E-state index contributed by atoms with van der Waals surface area (Å²) in [5.41, 5.74) is 1.37. The lowest BCUT2D eigenvalue weighted by atomic mass is 9.94. The van der Waals surface area contributed by atoms with Crippen LogP contribution in [-0.2, 0) is 0 Å². The molecule has 0 bridgehead atoms. The lowest BCUT2D eigenvalue weighted by molar-refractivity contribution is 0.0943. The predicted molar refractivity (Wildman–Crippen MR) is 129 cm³/mol. The van der Waals surface area contributed by atoms with Crippen LogP contribution >= 0.6 is 11.3 Å². The monoisotopic (exact) mass is 468 g/mol. The molecular formula is C23H32N8OS. The first-order valence-electron chi connectivity index (χ1n) is 11.8. The van der Waals surface area contributed by atoms with Crippen molar-refractivity contribution in [2.24, 2.45) is 0 Å². The lowest BCUT2D eigenvalue weighted by Gasteiger charge is -2.30. The van der Waals surface area contributed by atoms with Crippen LogP contribution in [0.25, 0.3) is 0 Å². The molecule has 1 unspecified atom stereocenters. The molecule has 33 heavy (non-hydrogen) atoms. The van der Waals surface area contributed by atoms with Gasteiger partial charge in [-0.1, -0.05) is 12.8 Å². The van der Waals surface area contributed by atoms with E-state index in [4.69, 9.17) is 5.26 Å². The van der Waals surface area contributed by atoms with Crippen LogP contribution in [0.5, 0.6) is 0 Å². The highest BCUT2D eigenvalue weighted by Crippen LogP contribution is 2.27. The van der Waals surface area contributed by atoms with Gasteiger partial charge in [-0.15, -0.1) is 11.3 Å². The molecule has 4 rings (SSSR count). The second-order valence-corrected chi connectivity index (χ2v) is 9.73. The fourth-order valence-electron chi connectivity index (χ4n) is 4.70. The first-order valence-corrected chi connectivity index (χ1v) is 12.6. The van der Waals surface area contributed by atoms with Gasteiger partial charge in [0.2, 0.25) is 5.95 Å². The number of rotatable bonds is 9. The van der Waals surface area contributed by atoms with Gasteiger partial charge in [0, 0.05) is 43.2 Å². The van der Waals surface area contributed by atoms with E-state index in [9.17, 15) is 4.79 Å². The van der Waals surface area contributed by atoms with E-state index in [-0.39, 0.29) is 11.8 Å². The SMILES string of the molecule is CN(CCNC(=O)c1csc(Nc2nccc(C3CCCN(CC#N)C3)n2)n1)C1CCCC1. The minimum absolute atomic E-state index is 0.159. The molecular weight excluding hydrogens is 436 g/mol. The highest BCUT2D eigenvalue weighted by molar-refractivity contribution is 7.14. The smallest absolute Gasteiger partial charge is 0.270 e. The number of likely N-dealkylation sites (N-methyl/N-ethyl adjacent to an activating group) is 1. The van der Waals surface area contributed by atoms with Gasteiger partial charge < -0.3 is 15.5 Å². The molecule has 0 aromatic carbocycles. The number of thiazole rings is 1. The van der Waals surface area contributed by atoms with E-state index in [1.54, 1.807) is 11.6 Å². The Kier molecular flexibility index (Phi) is 8.20. The Balaban J connectivity index is 1.29. The molecule has 2 aromatic rings. The molecule has 9 nitrogen and oxygen atoms in total. The molecule has 1 atom stereocenters. The van der Waals surface area contributed by atoms with Crippen LogP contribution in [0.1, 0.15) is 60.6 Å². The van der Waals surface area contributed by atoms with Crippen LogP contribution in [0.3, 0.4) is 0 Å². The standard InChI is InChI=1S/C23H32N8OS/c1-30(18-6-2-3-7-18)14-11-25-21(32)20-16-33-23(28-20)29-22-26-10-8-19(27-22)17-5-4-12-31(15-17)13-9-24/h8,10,16-18H,2-7,11-15H2,1H3,(H,25,32)(H,26,27,28,29). The summed E-state index contributed by atoms with van der Waals surface area (Å²) in [6.45, 7) is 3.71. The fourth-order valence-corrected chi connectivity index (χ4v) is 5.38. The van der Waals surface area contributed by atoms with Gasteiger partial charge in [0.1, 0.15) is 5.69 Å². The second-order valence-electron chi connectivity index (χ2n) is 8.88. The van der Waals surface area contributed by atoms with Gasteiger partial charge in [0.15, 0.2) is 5.13 Å². The van der Waals surface area contributed by atoms with Crippen LogP contribution in [0.4, 0.5) is 11.1 Å². The number of carbonyl (C=O) groups is 1. The number of piperidine rings is 1. The Morgan fingerprint density at radius 2 is 2.15 bits per heavy atom. The molecule has 10 heteroatoms. The van der Waals surface area contributed by atoms with Gasteiger partial charge >= 0.3 is 0 Å². The van der Waals surface area contributed by atoms with Crippen molar-refractivity contribution in [2.45, 2.75) is 50.5 Å². The molecule has 2 fully saturated rings. The third-order valence-corrected chi connectivity index (χ3v) is 7.31. The van der Waals surface area contributed by atoms with E-state index in [0.29, 0.717) is 35.9 Å². The van der Waals surface area contributed by atoms with Crippen molar-refractivity contribution >= 4 is 28.3 Å². The van der Waals surface area contributed by atoms with Gasteiger partial charge in [-0.3, -0.25) is 9.69 Å². The zero-order valence-corrected chi connectivity index (χ0v) is 20.0. The Bertz CT molecular complexity index is 967. The molecule has 2 aliphatic rings. The number of aromatic nitrogens is 3. The maximum atomic E-state index is 12.5. The summed E-state index contributed by atoms with van der Waals surface area (Å²) in [5, 5.41) is 17.4. The van der Waals surface area contributed by atoms with Crippen LogP contribution in [0.2, 0.25) is 0 Å². The quantitative estimate of drug-likeness (QED) is 0.541. The van der Waals surface area contributed by atoms with Gasteiger partial charge in [-0.05, 0) is 45.3 Å². The fraction of sp³-hybridized carbons (Fsp3) is 0.609. The first-order chi connectivity index (χ1) is 16.1. The summed E-state index contributed by atoms with van der Waals surface area (Å²) in [4.78, 5) is 30.4. The zero-order chi connectivity index (χ0) is 23.0. The molecule has 1 saturated heterocycles. The molecule has 2 aromatic heterocycles. The summed E-state index contributed by atoms with van der Waals surface area (Å²) in [7, 11) is 2.13. The molecule has 2 N–H and O–H groups in total. The van der Waals surface area contributed by atoms with Crippen molar-refractivity contribution in [1.82, 2.24) is 30.1 Å². The van der Waals surface area contributed by atoms with E-state index in [1.807, 2.05) is 6.07 Å². The molecule has 3 heterocycles. The number of nitrogens with zero attached hydrogens (tertiary/aromatic N) is 6. The number of nitrogens with one attached hydrogen (secondary N) is 2. The van der Waals surface area contributed by atoms with E-state index in [1.165, 1.54) is 37.0 Å². The second kappa shape index (κ2) is 11.5.